The number of allylic oxidation sites excluding steroid dienone is 2. The Bertz CT molecular complexity index is 348. The van der Waals surface area contributed by atoms with Gasteiger partial charge in [-0.3, -0.25) is 4.79 Å². The van der Waals surface area contributed by atoms with E-state index in [2.05, 4.69) is 26.0 Å². The Kier molecular flexibility index (Phi) is 12.0. The Morgan fingerprint density at radius 2 is 1.92 bits per heavy atom. The number of aliphatic carboxylic acids is 1. The second-order valence-electron chi connectivity index (χ2n) is 7.78. The van der Waals surface area contributed by atoms with Crippen LogP contribution >= 0.6 is 0 Å². The minimum Gasteiger partial charge on any atom is -0.481 e. The van der Waals surface area contributed by atoms with Crippen molar-refractivity contribution in [3.8, 4) is 0 Å². The minimum atomic E-state index is -0.652. The molecule has 1 aliphatic carbocycles. The summed E-state index contributed by atoms with van der Waals surface area (Å²) >= 11 is 0. The molecule has 0 aromatic heterocycles. The van der Waals surface area contributed by atoms with Crippen LogP contribution in [-0.2, 0) is 4.79 Å². The Hall–Kier alpha value is -0.790. The summed E-state index contributed by atoms with van der Waals surface area (Å²) in [7, 11) is 0. The van der Waals surface area contributed by atoms with Crippen molar-refractivity contribution in [1.82, 2.24) is 0 Å². The fraction of sp³-hybridized carbons (Fsp3) is 0.864. The molecule has 1 N–H and O–H groups in total. The van der Waals surface area contributed by atoms with Gasteiger partial charge in [0.2, 0.25) is 0 Å². The third kappa shape index (κ3) is 9.49. The van der Waals surface area contributed by atoms with Crippen LogP contribution in [0.2, 0.25) is 0 Å². The fourth-order valence-electron chi connectivity index (χ4n) is 4.14. The highest BCUT2D eigenvalue weighted by Crippen LogP contribution is 2.36. The number of unbranched alkanes of at least 4 members (excludes halogenated alkanes) is 4. The number of carbonyl (C=O) groups is 1. The first-order valence-electron chi connectivity index (χ1n) is 10.6. The lowest BCUT2D eigenvalue weighted by molar-refractivity contribution is -0.137. The molecule has 24 heavy (non-hydrogen) atoms. The highest BCUT2D eigenvalue weighted by atomic mass is 16.4. The van der Waals surface area contributed by atoms with Crippen LogP contribution in [0.1, 0.15) is 104 Å². The van der Waals surface area contributed by atoms with E-state index in [9.17, 15) is 4.79 Å². The van der Waals surface area contributed by atoms with E-state index in [1.807, 2.05) is 0 Å². The van der Waals surface area contributed by atoms with E-state index in [0.717, 1.165) is 30.6 Å². The van der Waals surface area contributed by atoms with Crippen LogP contribution in [-0.4, -0.2) is 11.1 Å². The van der Waals surface area contributed by atoms with Gasteiger partial charge in [-0.1, -0.05) is 77.4 Å². The molecule has 0 spiro atoms. The number of hydrogen-bond acceptors (Lipinski definition) is 1. The monoisotopic (exact) mass is 336 g/mol. The van der Waals surface area contributed by atoms with Gasteiger partial charge in [0.15, 0.2) is 0 Å². The Morgan fingerprint density at radius 3 is 2.62 bits per heavy atom. The largest absolute Gasteiger partial charge is 0.481 e. The van der Waals surface area contributed by atoms with E-state index >= 15 is 0 Å². The van der Waals surface area contributed by atoms with Gasteiger partial charge in [-0.05, 0) is 49.9 Å². The molecule has 2 heteroatoms. The first-order chi connectivity index (χ1) is 11.7. The average Bonchev–Trinajstić information content (AvgIpc) is 3.01. The Balaban J connectivity index is 2.19. The maximum absolute atomic E-state index is 10.5. The Morgan fingerprint density at radius 1 is 1.12 bits per heavy atom. The lowest BCUT2D eigenvalue weighted by Crippen LogP contribution is -2.05. The van der Waals surface area contributed by atoms with Crippen LogP contribution < -0.4 is 0 Å². The summed E-state index contributed by atoms with van der Waals surface area (Å²) < 4.78 is 0. The molecule has 0 radical (unpaired) electrons. The van der Waals surface area contributed by atoms with E-state index in [1.165, 1.54) is 70.6 Å². The van der Waals surface area contributed by atoms with Crippen LogP contribution in [0.5, 0.6) is 0 Å². The van der Waals surface area contributed by atoms with Crippen molar-refractivity contribution >= 4 is 5.97 Å². The van der Waals surface area contributed by atoms with Crippen molar-refractivity contribution in [1.29, 1.82) is 0 Å². The molecule has 0 aromatic rings. The lowest BCUT2D eigenvalue weighted by Gasteiger charge is -2.17. The summed E-state index contributed by atoms with van der Waals surface area (Å²) in [4.78, 5) is 10.5. The molecule has 1 fully saturated rings. The van der Waals surface area contributed by atoms with E-state index in [0.29, 0.717) is 6.42 Å². The van der Waals surface area contributed by atoms with Gasteiger partial charge in [-0.25, -0.2) is 0 Å². The number of carboxylic acids is 1. The molecule has 0 amide bonds. The lowest BCUT2D eigenvalue weighted by atomic mass is 9.89. The van der Waals surface area contributed by atoms with Gasteiger partial charge in [-0.15, -0.1) is 0 Å². The molecule has 0 heterocycles. The van der Waals surface area contributed by atoms with Crippen LogP contribution in [0, 0.1) is 17.8 Å². The maximum Gasteiger partial charge on any atom is 0.303 e. The topological polar surface area (TPSA) is 37.3 Å². The van der Waals surface area contributed by atoms with Gasteiger partial charge in [-0.2, -0.15) is 0 Å². The Labute approximate surface area is 150 Å². The number of rotatable bonds is 14. The summed E-state index contributed by atoms with van der Waals surface area (Å²) in [5.41, 5.74) is 0. The smallest absolute Gasteiger partial charge is 0.303 e. The zero-order chi connectivity index (χ0) is 17.6. The molecule has 1 saturated carbocycles. The van der Waals surface area contributed by atoms with Crippen molar-refractivity contribution < 1.29 is 9.90 Å². The van der Waals surface area contributed by atoms with Gasteiger partial charge in [0.1, 0.15) is 0 Å². The predicted molar refractivity (Wildman–Crippen MR) is 103 cm³/mol. The summed E-state index contributed by atoms with van der Waals surface area (Å²) in [5, 5.41) is 8.66. The van der Waals surface area contributed by atoms with Crippen molar-refractivity contribution in [2.24, 2.45) is 17.8 Å². The van der Waals surface area contributed by atoms with E-state index in [-0.39, 0.29) is 0 Å². The average molecular weight is 337 g/mol. The van der Waals surface area contributed by atoms with Crippen molar-refractivity contribution in [2.45, 2.75) is 104 Å². The first-order valence-corrected chi connectivity index (χ1v) is 10.6. The molecular formula is C22H40O2. The molecule has 1 aliphatic rings. The number of hydrogen-bond donors (Lipinski definition) is 1. The quantitative estimate of drug-likeness (QED) is 0.274. The molecule has 0 saturated heterocycles. The minimum absolute atomic E-state index is 0.339. The van der Waals surface area contributed by atoms with Gasteiger partial charge >= 0.3 is 5.97 Å². The first kappa shape index (κ1) is 21.3. The van der Waals surface area contributed by atoms with Crippen LogP contribution in [0.25, 0.3) is 0 Å². The van der Waals surface area contributed by atoms with Gasteiger partial charge < -0.3 is 5.11 Å². The predicted octanol–water partition coefficient (Wildman–Crippen LogP) is 6.99. The molecule has 0 aromatic carbocycles. The normalized spacial score (nSPS) is 22.2. The third-order valence-corrected chi connectivity index (χ3v) is 5.83. The van der Waals surface area contributed by atoms with Crippen LogP contribution in [0.4, 0.5) is 0 Å². The summed E-state index contributed by atoms with van der Waals surface area (Å²) in [6.07, 6.45) is 22.0. The van der Waals surface area contributed by atoms with Crippen molar-refractivity contribution in [3.63, 3.8) is 0 Å². The second-order valence-corrected chi connectivity index (χ2v) is 7.78. The van der Waals surface area contributed by atoms with E-state index in [1.54, 1.807) is 0 Å². The number of carboxylic acid groups (broad SMARTS) is 1. The zero-order valence-electron chi connectivity index (χ0n) is 16.1. The summed E-state index contributed by atoms with van der Waals surface area (Å²) in [5.74, 6) is 1.93. The zero-order valence-corrected chi connectivity index (χ0v) is 16.1. The molecule has 1 unspecified atom stereocenters. The second kappa shape index (κ2) is 13.5. The van der Waals surface area contributed by atoms with Crippen molar-refractivity contribution in [3.05, 3.63) is 12.2 Å². The van der Waals surface area contributed by atoms with Gasteiger partial charge in [0.05, 0.1) is 0 Å². The molecule has 3 atom stereocenters. The molecular weight excluding hydrogens is 296 g/mol. The molecule has 0 bridgehead atoms. The van der Waals surface area contributed by atoms with E-state index in [4.69, 9.17) is 5.11 Å². The molecule has 0 aliphatic heterocycles. The van der Waals surface area contributed by atoms with Crippen LogP contribution in [0.15, 0.2) is 12.2 Å². The van der Waals surface area contributed by atoms with E-state index < -0.39 is 5.97 Å². The standard InChI is InChI=1S/C22H40O2/c1-3-5-12-19(4-2)13-10-15-21-17-11-16-20(21)14-8-6-7-9-18-22(23)24/h10,15,19-21H,3-9,11-14,16-18H2,1-2H3,(H,23,24)/t19?,20-,21-/m0/s1. The highest BCUT2D eigenvalue weighted by molar-refractivity contribution is 5.66. The molecule has 1 rings (SSSR count). The van der Waals surface area contributed by atoms with Gasteiger partial charge in [0, 0.05) is 6.42 Å². The summed E-state index contributed by atoms with van der Waals surface area (Å²) in [6.45, 7) is 4.62. The summed E-state index contributed by atoms with van der Waals surface area (Å²) in [6, 6.07) is 0. The third-order valence-electron chi connectivity index (χ3n) is 5.83. The van der Waals surface area contributed by atoms with Crippen molar-refractivity contribution in [2.75, 3.05) is 0 Å². The van der Waals surface area contributed by atoms with Crippen LogP contribution in [0.3, 0.4) is 0 Å². The molecule has 140 valence electrons. The SMILES string of the molecule is CCCCC(CC)CC=C[C@H]1CCC[C@@H]1CCCCCCC(=O)O. The highest BCUT2D eigenvalue weighted by Gasteiger charge is 2.24. The fourth-order valence-corrected chi connectivity index (χ4v) is 4.14. The maximum atomic E-state index is 10.5. The molecule has 2 nitrogen and oxygen atoms in total. The van der Waals surface area contributed by atoms with Gasteiger partial charge in [0.25, 0.3) is 0 Å².